The highest BCUT2D eigenvalue weighted by molar-refractivity contribution is 5.96. The van der Waals surface area contributed by atoms with E-state index in [1.54, 1.807) is 18.2 Å². The Hall–Kier alpha value is -4.60. The molecule has 0 saturated carbocycles. The molecule has 3 atom stereocenters. The third-order valence-corrected chi connectivity index (χ3v) is 8.20. The molecule has 1 fully saturated rings. The van der Waals surface area contributed by atoms with Gasteiger partial charge in [-0.1, -0.05) is 30.3 Å². The number of nitrogens with zero attached hydrogens (tertiary/aromatic N) is 1. The van der Waals surface area contributed by atoms with Gasteiger partial charge >= 0.3 is 24.5 Å². The molecule has 4 aromatic rings. The van der Waals surface area contributed by atoms with E-state index in [4.69, 9.17) is 9.47 Å². The number of aliphatic hydroxyl groups is 1. The molecule has 4 aromatic carbocycles. The van der Waals surface area contributed by atoms with Crippen molar-refractivity contribution in [3.8, 4) is 28.0 Å². The molecule has 2 N–H and O–H groups in total. The first kappa shape index (κ1) is 35.7. The fourth-order valence-corrected chi connectivity index (χ4v) is 5.79. The maximum absolute atomic E-state index is 13.9. The molecule has 1 saturated heterocycles. The van der Waals surface area contributed by atoms with Gasteiger partial charge in [-0.25, -0.2) is 9.69 Å². The normalized spacial score (nSPS) is 18.9. The summed E-state index contributed by atoms with van der Waals surface area (Å²) in [4.78, 5) is 13.0. The summed E-state index contributed by atoms with van der Waals surface area (Å²) in [6.07, 6.45) is -18.6. The Morgan fingerprint density at radius 2 is 1.39 bits per heavy atom. The highest BCUT2D eigenvalue weighted by Crippen LogP contribution is 2.44. The SMILES string of the molecule is COc1ccc(-c2ccccc2C(=O)O)cc1-c1ccc(C(F)(F)F)cc1CN1C(O)O[C@H](c2cc(C(F)(F)F)cc(C(F)(F)F)c2)[C@@H]1C. The number of hydrogen-bond acceptors (Lipinski definition) is 5. The molecule has 0 amide bonds. The summed E-state index contributed by atoms with van der Waals surface area (Å²) in [5.41, 5.74) is -3.88. The highest BCUT2D eigenvalue weighted by atomic mass is 19.4. The zero-order valence-corrected chi connectivity index (χ0v) is 25.4. The minimum absolute atomic E-state index is 0.0493. The van der Waals surface area contributed by atoms with Crippen LogP contribution in [0, 0.1) is 0 Å². The van der Waals surface area contributed by atoms with Gasteiger partial charge in [-0.15, -0.1) is 0 Å². The van der Waals surface area contributed by atoms with Crippen LogP contribution in [0.15, 0.2) is 78.9 Å². The number of rotatable bonds is 7. The molecule has 260 valence electrons. The molecule has 0 aliphatic carbocycles. The average molecular weight is 700 g/mol. The molecule has 0 aromatic heterocycles. The number of carboxylic acids is 1. The van der Waals surface area contributed by atoms with E-state index in [1.807, 2.05) is 0 Å². The van der Waals surface area contributed by atoms with Crippen molar-refractivity contribution >= 4 is 5.97 Å². The van der Waals surface area contributed by atoms with Gasteiger partial charge in [-0.3, -0.25) is 0 Å². The predicted molar refractivity (Wildman–Crippen MR) is 157 cm³/mol. The molecule has 6 nitrogen and oxygen atoms in total. The van der Waals surface area contributed by atoms with Gasteiger partial charge in [0.1, 0.15) is 11.9 Å². The lowest BCUT2D eigenvalue weighted by molar-refractivity contribution is -0.154. The van der Waals surface area contributed by atoms with Crippen molar-refractivity contribution < 1.29 is 64.0 Å². The predicted octanol–water partition coefficient (Wildman–Crippen LogP) is 9.02. The fraction of sp³-hybridized carbons (Fsp3) is 0.265. The third-order valence-electron chi connectivity index (χ3n) is 8.20. The first-order valence-electron chi connectivity index (χ1n) is 14.4. The number of hydrogen-bond donors (Lipinski definition) is 2. The van der Waals surface area contributed by atoms with Crippen LogP contribution in [-0.4, -0.2) is 40.6 Å². The second-order valence-corrected chi connectivity index (χ2v) is 11.3. The number of aliphatic hydroxyl groups excluding tert-OH is 1. The molecule has 0 bridgehead atoms. The lowest BCUT2D eigenvalue weighted by Crippen LogP contribution is -2.35. The van der Waals surface area contributed by atoms with E-state index in [2.05, 4.69) is 0 Å². The zero-order valence-electron chi connectivity index (χ0n) is 25.4. The Morgan fingerprint density at radius 1 is 0.776 bits per heavy atom. The average Bonchev–Trinajstić information content (AvgIpc) is 3.31. The Labute approximate surface area is 272 Å². The summed E-state index contributed by atoms with van der Waals surface area (Å²) >= 11 is 0. The van der Waals surface area contributed by atoms with Gasteiger partial charge < -0.3 is 19.7 Å². The lowest BCUT2D eigenvalue weighted by atomic mass is 9.91. The van der Waals surface area contributed by atoms with Gasteiger partial charge in [0.05, 0.1) is 29.4 Å². The molecule has 1 aliphatic rings. The molecule has 1 aliphatic heterocycles. The maximum Gasteiger partial charge on any atom is 0.416 e. The van der Waals surface area contributed by atoms with Crippen LogP contribution in [0.3, 0.4) is 0 Å². The second-order valence-electron chi connectivity index (χ2n) is 11.3. The number of halogens is 9. The zero-order chi connectivity index (χ0) is 36.1. The molecule has 49 heavy (non-hydrogen) atoms. The van der Waals surface area contributed by atoms with Crippen molar-refractivity contribution in [1.82, 2.24) is 4.90 Å². The quantitative estimate of drug-likeness (QED) is 0.188. The first-order valence-corrected chi connectivity index (χ1v) is 14.4. The van der Waals surface area contributed by atoms with Crippen LogP contribution < -0.4 is 4.74 Å². The Balaban J connectivity index is 1.60. The first-order chi connectivity index (χ1) is 22.8. The second kappa shape index (κ2) is 13.0. The summed E-state index contributed by atoms with van der Waals surface area (Å²) in [5.74, 6) is -1.04. The largest absolute Gasteiger partial charge is 0.496 e. The highest BCUT2D eigenvalue weighted by Gasteiger charge is 2.43. The lowest BCUT2D eigenvalue weighted by Gasteiger charge is -2.26. The topological polar surface area (TPSA) is 79.2 Å². The standard InChI is InChI=1S/C34H26F9NO5/c1-17-29(19-11-22(33(38,39)40)15-23(12-19)34(41,42)43)49-31(47)44(17)16-20-13-21(32(35,36)37)8-9-25(20)27-14-18(7-10-28(27)48-2)24-5-3-4-6-26(24)30(45)46/h3-15,17,29,31,47H,16H2,1-2H3,(H,45,46)/t17-,29-,31?/m0/s1. The summed E-state index contributed by atoms with van der Waals surface area (Å²) in [6.45, 7) is 0.827. The van der Waals surface area contributed by atoms with E-state index in [1.165, 1.54) is 38.3 Å². The van der Waals surface area contributed by atoms with Gasteiger partial charge in [0.2, 0.25) is 6.41 Å². The number of aromatic carboxylic acids is 1. The molecule has 1 heterocycles. The molecule has 1 unspecified atom stereocenters. The third kappa shape index (κ3) is 7.38. The fourth-order valence-electron chi connectivity index (χ4n) is 5.79. The Kier molecular flexibility index (Phi) is 9.49. The smallest absolute Gasteiger partial charge is 0.416 e. The molecular formula is C34H26F9NO5. The Morgan fingerprint density at radius 3 is 1.96 bits per heavy atom. The van der Waals surface area contributed by atoms with Crippen LogP contribution in [0.5, 0.6) is 5.75 Å². The van der Waals surface area contributed by atoms with Gasteiger partial charge in [0.15, 0.2) is 0 Å². The molecule has 5 rings (SSSR count). The number of carboxylic acid groups (broad SMARTS) is 1. The number of carbonyl (C=O) groups is 1. The van der Waals surface area contributed by atoms with Crippen molar-refractivity contribution in [3.63, 3.8) is 0 Å². The van der Waals surface area contributed by atoms with Gasteiger partial charge in [0.25, 0.3) is 0 Å². The van der Waals surface area contributed by atoms with Crippen molar-refractivity contribution in [2.75, 3.05) is 7.11 Å². The number of alkyl halides is 9. The minimum Gasteiger partial charge on any atom is -0.496 e. The summed E-state index contributed by atoms with van der Waals surface area (Å²) < 4.78 is 134. The summed E-state index contributed by atoms with van der Waals surface area (Å²) in [7, 11) is 1.31. The van der Waals surface area contributed by atoms with E-state index < -0.39 is 71.9 Å². The van der Waals surface area contributed by atoms with Gasteiger partial charge in [-0.05, 0) is 83.3 Å². The van der Waals surface area contributed by atoms with Crippen LogP contribution >= 0.6 is 0 Å². The number of methoxy groups -OCH3 is 1. The summed E-state index contributed by atoms with van der Waals surface area (Å²) in [6, 6.07) is 13.1. The minimum atomic E-state index is -5.15. The van der Waals surface area contributed by atoms with Crippen molar-refractivity contribution in [2.45, 2.75) is 50.6 Å². The van der Waals surface area contributed by atoms with Crippen molar-refractivity contribution in [3.05, 3.63) is 112 Å². The van der Waals surface area contributed by atoms with E-state index in [0.29, 0.717) is 23.3 Å². The van der Waals surface area contributed by atoms with E-state index in [9.17, 15) is 54.5 Å². The monoisotopic (exact) mass is 699 g/mol. The maximum atomic E-state index is 13.9. The summed E-state index contributed by atoms with van der Waals surface area (Å²) in [5, 5.41) is 20.5. The number of ether oxygens (including phenoxy) is 2. The van der Waals surface area contributed by atoms with Crippen LogP contribution in [0.1, 0.15) is 51.2 Å². The van der Waals surface area contributed by atoms with E-state index in [0.717, 1.165) is 23.1 Å². The van der Waals surface area contributed by atoms with Crippen LogP contribution in [-0.2, 0) is 29.8 Å². The van der Waals surface area contributed by atoms with E-state index in [-0.39, 0.29) is 34.1 Å². The van der Waals surface area contributed by atoms with Gasteiger partial charge in [0, 0.05) is 18.2 Å². The molecule has 0 radical (unpaired) electrons. The van der Waals surface area contributed by atoms with Crippen LogP contribution in [0.4, 0.5) is 39.5 Å². The van der Waals surface area contributed by atoms with Crippen molar-refractivity contribution in [2.24, 2.45) is 0 Å². The van der Waals surface area contributed by atoms with E-state index >= 15 is 0 Å². The Bertz CT molecular complexity index is 1840. The van der Waals surface area contributed by atoms with Gasteiger partial charge in [-0.2, -0.15) is 39.5 Å². The van der Waals surface area contributed by atoms with Crippen LogP contribution in [0.25, 0.3) is 22.3 Å². The molecule has 15 heteroatoms. The molecular weight excluding hydrogens is 673 g/mol. The van der Waals surface area contributed by atoms with Crippen molar-refractivity contribution in [1.29, 1.82) is 0 Å². The molecule has 0 spiro atoms. The van der Waals surface area contributed by atoms with Crippen LogP contribution in [0.2, 0.25) is 0 Å². The number of benzene rings is 4.